The van der Waals surface area contributed by atoms with Crippen molar-refractivity contribution < 1.29 is 19.4 Å². The molecule has 7 heteroatoms. The molecule has 23 heavy (non-hydrogen) atoms. The Labute approximate surface area is 140 Å². The first-order chi connectivity index (χ1) is 11.2. The fourth-order valence-electron chi connectivity index (χ4n) is 2.66. The molecule has 2 saturated heterocycles. The van der Waals surface area contributed by atoms with Crippen LogP contribution < -0.4 is 10.1 Å². The molecule has 0 saturated carbocycles. The summed E-state index contributed by atoms with van der Waals surface area (Å²) in [6.07, 6.45) is 0. The summed E-state index contributed by atoms with van der Waals surface area (Å²) >= 11 is 1.62. The predicted molar refractivity (Wildman–Crippen MR) is 89.0 cm³/mol. The second kappa shape index (κ2) is 8.01. The number of nitrogens with one attached hydrogen (secondary N) is 1. The third-order valence-electron chi connectivity index (χ3n) is 4.04. The molecule has 0 bridgehead atoms. The summed E-state index contributed by atoms with van der Waals surface area (Å²) in [7, 11) is 0. The molecule has 0 spiro atoms. The average molecular weight is 338 g/mol. The van der Waals surface area contributed by atoms with Gasteiger partial charge in [0.15, 0.2) is 0 Å². The van der Waals surface area contributed by atoms with E-state index < -0.39 is 12.0 Å². The fraction of sp³-hybridized carbons (Fsp3) is 0.562. The van der Waals surface area contributed by atoms with Gasteiger partial charge in [0.25, 0.3) is 0 Å². The zero-order valence-corrected chi connectivity index (χ0v) is 13.8. The lowest BCUT2D eigenvalue weighted by Crippen LogP contribution is -2.38. The molecule has 2 heterocycles. The largest absolute Gasteiger partial charge is 0.492 e. The second-order valence-corrected chi connectivity index (χ2v) is 6.78. The highest BCUT2D eigenvalue weighted by atomic mass is 32.2. The minimum absolute atomic E-state index is 0.0403. The topological polar surface area (TPSA) is 71.0 Å². The van der Waals surface area contributed by atoms with Crippen LogP contribution in [0.2, 0.25) is 0 Å². The lowest BCUT2D eigenvalue weighted by Gasteiger charge is -2.26. The van der Waals surface area contributed by atoms with Gasteiger partial charge in [0.1, 0.15) is 18.4 Å². The van der Waals surface area contributed by atoms with Gasteiger partial charge in [-0.3, -0.25) is 15.0 Å². The highest BCUT2D eigenvalue weighted by molar-refractivity contribution is 7.99. The number of rotatable bonds is 6. The van der Waals surface area contributed by atoms with E-state index in [9.17, 15) is 4.79 Å². The van der Waals surface area contributed by atoms with Crippen LogP contribution in [0.25, 0.3) is 0 Å². The standard InChI is InChI=1S/C16H22N2O4S/c19-16(20)14-11-23-15(17-14)12-1-3-13(4-2-12)22-10-7-18-5-8-21-9-6-18/h1-4,14-15,17H,5-11H2,(H,19,20). The summed E-state index contributed by atoms with van der Waals surface area (Å²) in [5, 5.41) is 12.2. The Balaban J connectivity index is 1.44. The summed E-state index contributed by atoms with van der Waals surface area (Å²) < 4.78 is 11.1. The van der Waals surface area contributed by atoms with Crippen molar-refractivity contribution in [3.8, 4) is 5.75 Å². The maximum absolute atomic E-state index is 11.0. The van der Waals surface area contributed by atoms with Crippen molar-refractivity contribution in [1.82, 2.24) is 10.2 Å². The van der Waals surface area contributed by atoms with Crippen molar-refractivity contribution >= 4 is 17.7 Å². The van der Waals surface area contributed by atoms with Crippen molar-refractivity contribution in [2.24, 2.45) is 0 Å². The van der Waals surface area contributed by atoms with Gasteiger partial charge < -0.3 is 14.6 Å². The van der Waals surface area contributed by atoms with E-state index in [1.54, 1.807) is 11.8 Å². The van der Waals surface area contributed by atoms with Crippen LogP contribution >= 0.6 is 11.8 Å². The van der Waals surface area contributed by atoms with Crippen LogP contribution in [-0.4, -0.2) is 67.2 Å². The Bertz CT molecular complexity index is 519. The number of benzene rings is 1. The van der Waals surface area contributed by atoms with Gasteiger partial charge in [0.2, 0.25) is 0 Å². The van der Waals surface area contributed by atoms with Crippen LogP contribution in [0.3, 0.4) is 0 Å². The Kier molecular flexibility index (Phi) is 5.77. The van der Waals surface area contributed by atoms with Crippen LogP contribution in [0.5, 0.6) is 5.75 Å². The number of ether oxygens (including phenoxy) is 2. The molecule has 0 radical (unpaired) electrons. The lowest BCUT2D eigenvalue weighted by molar-refractivity contribution is -0.138. The van der Waals surface area contributed by atoms with Crippen LogP contribution in [0.15, 0.2) is 24.3 Å². The Morgan fingerprint density at radius 2 is 2.09 bits per heavy atom. The van der Waals surface area contributed by atoms with Crippen molar-refractivity contribution in [3.63, 3.8) is 0 Å². The molecule has 6 nitrogen and oxygen atoms in total. The maximum atomic E-state index is 11.0. The van der Waals surface area contributed by atoms with Crippen LogP contribution in [0.1, 0.15) is 10.9 Å². The van der Waals surface area contributed by atoms with Crippen LogP contribution in [0, 0.1) is 0 Å². The number of carboxylic acid groups (broad SMARTS) is 1. The van der Waals surface area contributed by atoms with Gasteiger partial charge in [-0.2, -0.15) is 0 Å². The third kappa shape index (κ3) is 4.60. The SMILES string of the molecule is O=C(O)C1CSC(c2ccc(OCCN3CCOCC3)cc2)N1. The Hall–Kier alpha value is -1.28. The van der Waals surface area contributed by atoms with E-state index in [0.717, 1.165) is 44.2 Å². The lowest BCUT2D eigenvalue weighted by atomic mass is 10.2. The molecular formula is C16H22N2O4S. The first-order valence-electron chi connectivity index (χ1n) is 7.86. The van der Waals surface area contributed by atoms with Gasteiger partial charge >= 0.3 is 5.97 Å². The minimum Gasteiger partial charge on any atom is -0.492 e. The van der Waals surface area contributed by atoms with Crippen LogP contribution in [-0.2, 0) is 9.53 Å². The fourth-order valence-corrected chi connectivity index (χ4v) is 3.90. The smallest absolute Gasteiger partial charge is 0.321 e. The molecule has 2 aliphatic rings. The summed E-state index contributed by atoms with van der Waals surface area (Å²) in [6.45, 7) is 5.12. The summed E-state index contributed by atoms with van der Waals surface area (Å²) in [5.74, 6) is 0.653. The zero-order chi connectivity index (χ0) is 16.1. The molecule has 126 valence electrons. The van der Waals surface area contributed by atoms with E-state index in [4.69, 9.17) is 14.6 Å². The van der Waals surface area contributed by atoms with Gasteiger partial charge in [0, 0.05) is 25.4 Å². The summed E-state index contributed by atoms with van der Waals surface area (Å²) in [4.78, 5) is 13.3. The number of aliphatic carboxylic acids is 1. The molecule has 3 rings (SSSR count). The van der Waals surface area contributed by atoms with Gasteiger partial charge in [-0.1, -0.05) is 12.1 Å². The highest BCUT2D eigenvalue weighted by Crippen LogP contribution is 2.33. The molecule has 2 N–H and O–H groups in total. The third-order valence-corrected chi connectivity index (χ3v) is 5.31. The zero-order valence-electron chi connectivity index (χ0n) is 12.9. The monoisotopic (exact) mass is 338 g/mol. The van der Waals surface area contributed by atoms with E-state index >= 15 is 0 Å². The molecule has 2 fully saturated rings. The number of thioether (sulfide) groups is 1. The molecule has 2 aliphatic heterocycles. The first kappa shape index (κ1) is 16.6. The average Bonchev–Trinajstić information content (AvgIpc) is 3.07. The van der Waals surface area contributed by atoms with E-state index in [-0.39, 0.29) is 5.37 Å². The first-order valence-corrected chi connectivity index (χ1v) is 8.90. The molecular weight excluding hydrogens is 316 g/mol. The molecule has 2 unspecified atom stereocenters. The molecule has 1 aromatic rings. The van der Waals surface area contributed by atoms with Crippen molar-refractivity contribution in [3.05, 3.63) is 29.8 Å². The van der Waals surface area contributed by atoms with Gasteiger partial charge in [-0.05, 0) is 17.7 Å². The van der Waals surface area contributed by atoms with E-state index in [0.29, 0.717) is 12.4 Å². The molecule has 2 atom stereocenters. The normalized spacial score (nSPS) is 25.4. The highest BCUT2D eigenvalue weighted by Gasteiger charge is 2.30. The second-order valence-electron chi connectivity index (χ2n) is 5.64. The summed E-state index contributed by atoms with van der Waals surface area (Å²) in [5.41, 5.74) is 1.08. The van der Waals surface area contributed by atoms with E-state index in [2.05, 4.69) is 10.2 Å². The minimum atomic E-state index is -0.789. The van der Waals surface area contributed by atoms with Crippen molar-refractivity contribution in [1.29, 1.82) is 0 Å². The van der Waals surface area contributed by atoms with E-state index in [1.807, 2.05) is 24.3 Å². The number of carboxylic acids is 1. The van der Waals surface area contributed by atoms with Crippen LogP contribution in [0.4, 0.5) is 0 Å². The number of hydrogen-bond acceptors (Lipinski definition) is 6. The predicted octanol–water partition coefficient (Wildman–Crippen LogP) is 1.19. The molecule has 0 amide bonds. The molecule has 0 aromatic heterocycles. The summed E-state index contributed by atoms with van der Waals surface area (Å²) in [6, 6.07) is 7.43. The van der Waals surface area contributed by atoms with Gasteiger partial charge in [-0.25, -0.2) is 0 Å². The Morgan fingerprint density at radius 1 is 1.35 bits per heavy atom. The van der Waals surface area contributed by atoms with Gasteiger partial charge in [0.05, 0.1) is 18.6 Å². The Morgan fingerprint density at radius 3 is 2.74 bits per heavy atom. The maximum Gasteiger partial charge on any atom is 0.321 e. The number of hydrogen-bond donors (Lipinski definition) is 2. The van der Waals surface area contributed by atoms with Crippen molar-refractivity contribution in [2.45, 2.75) is 11.4 Å². The number of nitrogens with zero attached hydrogens (tertiary/aromatic N) is 1. The van der Waals surface area contributed by atoms with Gasteiger partial charge in [-0.15, -0.1) is 11.8 Å². The van der Waals surface area contributed by atoms with E-state index in [1.165, 1.54) is 0 Å². The quantitative estimate of drug-likeness (QED) is 0.807. The number of carbonyl (C=O) groups is 1. The molecule has 0 aliphatic carbocycles. The molecule has 1 aromatic carbocycles. The number of morpholine rings is 1. The van der Waals surface area contributed by atoms with Crippen molar-refractivity contribution in [2.75, 3.05) is 45.2 Å².